The van der Waals surface area contributed by atoms with Crippen molar-refractivity contribution in [3.8, 4) is 11.6 Å². The van der Waals surface area contributed by atoms with Crippen molar-refractivity contribution in [1.29, 1.82) is 0 Å². The number of hydrogen-bond acceptors (Lipinski definition) is 1. The molecule has 0 aromatic carbocycles. The largest absolute Gasteiger partial charge is 0.303 e. The predicted molar refractivity (Wildman–Crippen MR) is 108 cm³/mol. The average molecular weight is 437 g/mol. The molecule has 3 aromatic rings. The summed E-state index contributed by atoms with van der Waals surface area (Å²) in [5, 5.41) is 0. The van der Waals surface area contributed by atoms with Gasteiger partial charge in [0, 0.05) is 59.9 Å². The van der Waals surface area contributed by atoms with Crippen LogP contribution in [0.25, 0.3) is 17.2 Å². The van der Waals surface area contributed by atoms with Crippen LogP contribution in [0.4, 0.5) is 0 Å². The Labute approximate surface area is 187 Å². The molecule has 3 rings (SSSR count). The van der Waals surface area contributed by atoms with Crippen molar-refractivity contribution >= 4 is 5.57 Å². The molecule has 3 aromatic heterocycles. The van der Waals surface area contributed by atoms with Crippen molar-refractivity contribution in [3.63, 3.8) is 0 Å². The average Bonchev–Trinajstić information content (AvgIpc) is 3.10. The van der Waals surface area contributed by atoms with E-state index in [1.54, 1.807) is 0 Å². The van der Waals surface area contributed by atoms with Gasteiger partial charge < -0.3 is 9.13 Å². The number of pyridine rings is 1. The molecule has 2 radical (unpaired) electrons. The first-order chi connectivity index (χ1) is 11.9. The van der Waals surface area contributed by atoms with Crippen molar-refractivity contribution in [1.82, 2.24) is 14.1 Å². The van der Waals surface area contributed by atoms with Gasteiger partial charge in [-0.05, 0) is 76.6 Å². The van der Waals surface area contributed by atoms with Crippen LogP contribution in [0, 0.1) is 27.7 Å². The number of aryl methyl sites for hydroxylation is 4. The molecular formula is C22H29N3V2. The van der Waals surface area contributed by atoms with Crippen LogP contribution in [0.3, 0.4) is 0 Å². The topological polar surface area (TPSA) is 22.8 Å². The van der Waals surface area contributed by atoms with Gasteiger partial charge in [-0.3, -0.25) is 0 Å². The van der Waals surface area contributed by atoms with Gasteiger partial charge in [0.15, 0.2) is 0 Å². The molecule has 3 heterocycles. The molecule has 0 N–H and O–H groups in total. The molecule has 0 unspecified atom stereocenters. The van der Waals surface area contributed by atoms with Gasteiger partial charge >= 0.3 is 0 Å². The number of aromatic nitrogens is 3. The maximum atomic E-state index is 4.93. The Morgan fingerprint density at radius 2 is 1.04 bits per heavy atom. The fraction of sp³-hybridized carbons (Fsp3) is 0.318. The van der Waals surface area contributed by atoms with Gasteiger partial charge in [-0.1, -0.05) is 26.0 Å². The van der Waals surface area contributed by atoms with E-state index in [2.05, 4.69) is 79.8 Å². The summed E-state index contributed by atoms with van der Waals surface area (Å²) in [5.41, 5.74) is 6.88. The molecule has 0 fully saturated rings. The zero-order chi connectivity index (χ0) is 18.7. The molecule has 0 bridgehead atoms. The third kappa shape index (κ3) is 5.33. The summed E-state index contributed by atoms with van der Waals surface area (Å²) in [5.74, 6) is 1.88. The summed E-state index contributed by atoms with van der Waals surface area (Å²) in [6, 6.07) is 12.7. The molecule has 0 atom stereocenters. The van der Waals surface area contributed by atoms with Crippen LogP contribution in [-0.2, 0) is 37.1 Å². The first-order valence-electron chi connectivity index (χ1n) is 8.87. The van der Waals surface area contributed by atoms with Crippen molar-refractivity contribution in [2.45, 2.75) is 48.5 Å². The molecular weight excluding hydrogens is 408 g/mol. The van der Waals surface area contributed by atoms with E-state index in [1.165, 1.54) is 22.8 Å². The fourth-order valence-corrected chi connectivity index (χ4v) is 3.04. The maximum Gasteiger partial charge on any atom is 0.140 e. The van der Waals surface area contributed by atoms with Gasteiger partial charge in [0.1, 0.15) is 11.6 Å². The van der Waals surface area contributed by atoms with Crippen LogP contribution in [0.15, 0.2) is 43.0 Å². The Hall–Kier alpha value is -1.38. The van der Waals surface area contributed by atoms with E-state index in [0.29, 0.717) is 0 Å². The molecule has 3 nitrogen and oxygen atoms in total. The standard InChI is InChI=1S/C20H23N3.C2H6.2V/c1-13(2)18-11-19(22-14(3)7-8-15(22)4)21-20(12-18)23-16(5)9-10-17(23)6;1-2;;/h7-12H,1H2,2-6H3;1-2H3;;. The first-order valence-corrected chi connectivity index (χ1v) is 8.87. The van der Waals surface area contributed by atoms with Crippen LogP contribution < -0.4 is 0 Å². The fourth-order valence-electron chi connectivity index (χ4n) is 3.04. The summed E-state index contributed by atoms with van der Waals surface area (Å²) in [7, 11) is 0. The van der Waals surface area contributed by atoms with E-state index < -0.39 is 0 Å². The zero-order valence-corrected chi connectivity index (χ0v) is 20.2. The summed E-state index contributed by atoms with van der Waals surface area (Å²) in [6.45, 7) is 18.6. The molecule has 27 heavy (non-hydrogen) atoms. The van der Waals surface area contributed by atoms with Crippen molar-refractivity contribution in [3.05, 3.63) is 71.3 Å². The van der Waals surface area contributed by atoms with E-state index in [1.807, 2.05) is 20.8 Å². The smallest absolute Gasteiger partial charge is 0.140 e. The second-order valence-corrected chi connectivity index (χ2v) is 6.26. The van der Waals surface area contributed by atoms with Crippen LogP contribution >= 0.6 is 0 Å². The Balaban J connectivity index is 0.00000164. The van der Waals surface area contributed by atoms with Gasteiger partial charge in [0.25, 0.3) is 0 Å². The number of nitrogens with zero attached hydrogens (tertiary/aromatic N) is 3. The van der Waals surface area contributed by atoms with Crippen molar-refractivity contribution < 1.29 is 37.1 Å². The van der Waals surface area contributed by atoms with E-state index in [-0.39, 0.29) is 37.1 Å². The van der Waals surface area contributed by atoms with Crippen LogP contribution in [-0.4, -0.2) is 14.1 Å². The minimum atomic E-state index is 0. The third-order valence-corrected chi connectivity index (χ3v) is 4.29. The van der Waals surface area contributed by atoms with E-state index >= 15 is 0 Å². The Bertz CT molecular complexity index is 801. The van der Waals surface area contributed by atoms with Crippen LogP contribution in [0.1, 0.15) is 49.1 Å². The minimum absolute atomic E-state index is 0. The summed E-state index contributed by atoms with van der Waals surface area (Å²) in [6.07, 6.45) is 0. The molecule has 0 aliphatic rings. The molecule has 0 aliphatic heterocycles. The second kappa shape index (κ2) is 10.8. The number of rotatable bonds is 3. The van der Waals surface area contributed by atoms with Gasteiger partial charge in [0.2, 0.25) is 0 Å². The van der Waals surface area contributed by atoms with Gasteiger partial charge in [0.05, 0.1) is 0 Å². The van der Waals surface area contributed by atoms with E-state index in [4.69, 9.17) is 4.98 Å². The van der Waals surface area contributed by atoms with Crippen molar-refractivity contribution in [2.24, 2.45) is 0 Å². The Kier molecular flexibility index (Phi) is 10.3. The summed E-state index contributed by atoms with van der Waals surface area (Å²) >= 11 is 0. The zero-order valence-electron chi connectivity index (χ0n) is 17.4. The summed E-state index contributed by atoms with van der Waals surface area (Å²) in [4.78, 5) is 4.93. The Morgan fingerprint density at radius 1 is 0.741 bits per heavy atom. The predicted octanol–water partition coefficient (Wildman–Crippen LogP) is 5.95. The maximum absolute atomic E-state index is 4.93. The monoisotopic (exact) mass is 437 g/mol. The Morgan fingerprint density at radius 3 is 1.30 bits per heavy atom. The molecule has 0 saturated heterocycles. The van der Waals surface area contributed by atoms with Crippen LogP contribution in [0.5, 0.6) is 0 Å². The molecule has 0 aliphatic carbocycles. The van der Waals surface area contributed by atoms with E-state index in [9.17, 15) is 0 Å². The molecule has 0 saturated carbocycles. The number of hydrogen-bond donors (Lipinski definition) is 0. The molecule has 0 amide bonds. The van der Waals surface area contributed by atoms with Gasteiger partial charge in [-0.15, -0.1) is 0 Å². The van der Waals surface area contributed by atoms with Gasteiger partial charge in [-0.25, -0.2) is 4.98 Å². The normalized spacial score (nSPS) is 9.59. The van der Waals surface area contributed by atoms with Crippen molar-refractivity contribution in [2.75, 3.05) is 0 Å². The van der Waals surface area contributed by atoms with E-state index in [0.717, 1.165) is 22.8 Å². The molecule has 0 spiro atoms. The van der Waals surface area contributed by atoms with Gasteiger partial charge in [-0.2, -0.15) is 0 Å². The quantitative estimate of drug-likeness (QED) is 0.497. The molecule has 142 valence electrons. The minimum Gasteiger partial charge on any atom is -0.303 e. The molecule has 5 heteroatoms. The third-order valence-electron chi connectivity index (χ3n) is 4.29. The SMILES string of the molecule is C=C(C)c1cc(-n2c(C)ccc2C)nc(-n2c(C)ccc2C)c1.CC.[V].[V]. The van der Waals surface area contributed by atoms with Crippen LogP contribution in [0.2, 0.25) is 0 Å². The summed E-state index contributed by atoms with van der Waals surface area (Å²) < 4.78 is 4.37. The first kappa shape index (κ1) is 25.6. The number of allylic oxidation sites excluding steroid dienone is 1. The second-order valence-electron chi connectivity index (χ2n) is 6.26.